The predicted molar refractivity (Wildman–Crippen MR) is 99.2 cm³/mol. The van der Waals surface area contributed by atoms with Crippen LogP contribution in [-0.4, -0.2) is 34.6 Å². The van der Waals surface area contributed by atoms with Gasteiger partial charge >= 0.3 is 5.70 Å². The highest BCUT2D eigenvalue weighted by molar-refractivity contribution is 5.75. The third-order valence-electron chi connectivity index (χ3n) is 3.77. The molecule has 0 aliphatic carbocycles. The minimum Gasteiger partial charge on any atom is -0.394 e. The summed E-state index contributed by atoms with van der Waals surface area (Å²) in [6.07, 6.45) is 2.32. The minimum atomic E-state index is -0.581. The molecule has 0 unspecified atom stereocenters. The molecule has 136 valence electrons. The Morgan fingerprint density at radius 3 is 2.12 bits per heavy atom. The van der Waals surface area contributed by atoms with Gasteiger partial charge in [0, 0.05) is 0 Å². The van der Waals surface area contributed by atoms with Gasteiger partial charge in [0.05, 0.1) is 36.4 Å². The van der Waals surface area contributed by atoms with Crippen molar-refractivity contribution in [1.29, 1.82) is 0 Å². The van der Waals surface area contributed by atoms with E-state index in [9.17, 15) is 20.3 Å². The molecular weight excluding hydrogens is 334 g/mol. The lowest BCUT2D eigenvalue weighted by Gasteiger charge is -2.14. The molecule has 0 aliphatic heterocycles. The number of allylic oxidation sites excluding steroid dienone is 1. The summed E-state index contributed by atoms with van der Waals surface area (Å²) in [6, 6.07) is 17.1. The smallest absolute Gasteiger partial charge is 0.302 e. The first-order valence-corrected chi connectivity index (χ1v) is 8.11. The zero-order chi connectivity index (χ0) is 18.8. The fourth-order valence-corrected chi connectivity index (χ4v) is 2.34. The number of aliphatic hydroxyl groups is 2. The Morgan fingerprint density at radius 2 is 1.62 bits per heavy atom. The first-order valence-electron chi connectivity index (χ1n) is 8.11. The normalized spacial score (nSPS) is 14.2. The van der Waals surface area contributed by atoms with Crippen LogP contribution >= 0.6 is 0 Å². The van der Waals surface area contributed by atoms with E-state index >= 15 is 0 Å². The second-order valence-corrected chi connectivity index (χ2v) is 5.53. The molecule has 0 spiro atoms. The molecule has 0 heterocycles. The maximum absolute atomic E-state index is 11.3. The number of rotatable bonds is 9. The molecule has 0 saturated heterocycles. The van der Waals surface area contributed by atoms with E-state index in [2.05, 4.69) is 10.3 Å². The van der Waals surface area contributed by atoms with E-state index in [1.165, 1.54) is 6.20 Å². The second-order valence-electron chi connectivity index (χ2n) is 5.53. The van der Waals surface area contributed by atoms with E-state index in [0.717, 1.165) is 17.3 Å². The Bertz CT molecular complexity index is 748. The minimum absolute atomic E-state index is 0.216. The van der Waals surface area contributed by atoms with Crippen LogP contribution in [0.1, 0.15) is 23.2 Å². The van der Waals surface area contributed by atoms with Crippen LogP contribution in [0.15, 0.2) is 77.6 Å². The topological polar surface area (TPSA) is 108 Å². The molecule has 0 radical (unpaired) electrons. The van der Waals surface area contributed by atoms with Crippen LogP contribution in [0, 0.1) is 10.1 Å². The van der Waals surface area contributed by atoms with Crippen molar-refractivity contribution in [2.24, 2.45) is 4.99 Å². The van der Waals surface area contributed by atoms with Crippen molar-refractivity contribution in [3.05, 3.63) is 93.8 Å². The molecule has 2 rings (SSSR count). The van der Waals surface area contributed by atoms with E-state index in [-0.39, 0.29) is 18.9 Å². The summed E-state index contributed by atoms with van der Waals surface area (Å²) in [7, 11) is 0. The van der Waals surface area contributed by atoms with Gasteiger partial charge in [-0.1, -0.05) is 60.7 Å². The van der Waals surface area contributed by atoms with Gasteiger partial charge in [0.1, 0.15) is 6.21 Å². The molecular formula is C19H21N3O4. The summed E-state index contributed by atoms with van der Waals surface area (Å²) in [5, 5.41) is 33.1. The molecule has 0 aliphatic rings. The molecule has 0 aromatic heterocycles. The fourth-order valence-electron chi connectivity index (χ4n) is 2.34. The average Bonchev–Trinajstić information content (AvgIpc) is 2.68. The van der Waals surface area contributed by atoms with Gasteiger partial charge in [0.2, 0.25) is 0 Å². The first-order chi connectivity index (χ1) is 12.7. The van der Waals surface area contributed by atoms with Crippen molar-refractivity contribution < 1.29 is 15.1 Å². The SMILES string of the molecule is O=[N+]([O-])/C(C=N[C@@H](CO)c1ccccc1)=C/N[C@@H](CO)c1ccccc1. The summed E-state index contributed by atoms with van der Waals surface area (Å²) in [6.45, 7) is -0.478. The number of benzene rings is 2. The zero-order valence-corrected chi connectivity index (χ0v) is 14.1. The lowest BCUT2D eigenvalue weighted by atomic mass is 10.1. The third kappa shape index (κ3) is 5.51. The molecule has 0 bridgehead atoms. The Hall–Kier alpha value is -3.03. The molecule has 0 amide bonds. The van der Waals surface area contributed by atoms with Crippen LogP contribution in [0.3, 0.4) is 0 Å². The third-order valence-corrected chi connectivity index (χ3v) is 3.77. The largest absolute Gasteiger partial charge is 0.394 e. The van der Waals surface area contributed by atoms with Gasteiger partial charge in [-0.3, -0.25) is 15.1 Å². The van der Waals surface area contributed by atoms with Crippen LogP contribution in [0.4, 0.5) is 0 Å². The standard InChI is InChI=1S/C19H21N3O4/c23-13-18(15-7-3-1-4-8-15)20-11-17(22(25)26)12-21-19(14-24)16-9-5-2-6-10-16/h1-12,18-20,23-24H,13-14H2/b17-11+,21-12?/t18-,19-/m0/s1. The molecule has 26 heavy (non-hydrogen) atoms. The summed E-state index contributed by atoms with van der Waals surface area (Å²) in [5.41, 5.74) is 1.30. The zero-order valence-electron chi connectivity index (χ0n) is 14.1. The van der Waals surface area contributed by atoms with Crippen LogP contribution in [0.25, 0.3) is 0 Å². The Kier molecular flexibility index (Phi) is 7.48. The quantitative estimate of drug-likeness (QED) is 0.363. The number of aliphatic hydroxyl groups excluding tert-OH is 2. The van der Waals surface area contributed by atoms with Gasteiger partial charge in [-0.2, -0.15) is 0 Å². The highest BCUT2D eigenvalue weighted by Crippen LogP contribution is 2.16. The van der Waals surface area contributed by atoms with Crippen LogP contribution < -0.4 is 5.32 Å². The number of hydrogen-bond donors (Lipinski definition) is 3. The molecule has 2 aromatic rings. The molecule has 0 saturated carbocycles. The van der Waals surface area contributed by atoms with Gasteiger partial charge in [-0.25, -0.2) is 0 Å². The Balaban J connectivity index is 2.14. The summed E-state index contributed by atoms with van der Waals surface area (Å²) in [5.74, 6) is 0. The van der Waals surface area contributed by atoms with E-state index in [0.29, 0.717) is 0 Å². The summed E-state index contributed by atoms with van der Waals surface area (Å²) < 4.78 is 0. The Labute approximate surface area is 151 Å². The van der Waals surface area contributed by atoms with Crippen molar-refractivity contribution in [3.8, 4) is 0 Å². The molecule has 0 fully saturated rings. The maximum Gasteiger partial charge on any atom is 0.302 e. The van der Waals surface area contributed by atoms with Crippen LogP contribution in [0.2, 0.25) is 0 Å². The van der Waals surface area contributed by atoms with Gasteiger partial charge in [0.25, 0.3) is 0 Å². The van der Waals surface area contributed by atoms with Crippen molar-refractivity contribution in [2.75, 3.05) is 13.2 Å². The van der Waals surface area contributed by atoms with Crippen molar-refractivity contribution in [2.45, 2.75) is 12.1 Å². The lowest BCUT2D eigenvalue weighted by Crippen LogP contribution is -2.21. The highest BCUT2D eigenvalue weighted by atomic mass is 16.6. The lowest BCUT2D eigenvalue weighted by molar-refractivity contribution is -0.414. The number of aliphatic imine (C=N–C) groups is 1. The van der Waals surface area contributed by atoms with Crippen molar-refractivity contribution in [1.82, 2.24) is 5.32 Å². The number of nitro groups is 1. The van der Waals surface area contributed by atoms with Crippen LogP contribution in [0.5, 0.6) is 0 Å². The summed E-state index contributed by atoms with van der Waals surface area (Å²) in [4.78, 5) is 14.8. The van der Waals surface area contributed by atoms with Gasteiger partial charge in [-0.05, 0) is 11.1 Å². The monoisotopic (exact) mass is 355 g/mol. The van der Waals surface area contributed by atoms with Crippen molar-refractivity contribution >= 4 is 6.21 Å². The maximum atomic E-state index is 11.3. The molecule has 3 N–H and O–H groups in total. The van der Waals surface area contributed by atoms with Gasteiger partial charge in [-0.15, -0.1) is 0 Å². The molecule has 2 aromatic carbocycles. The van der Waals surface area contributed by atoms with E-state index in [1.54, 1.807) is 12.1 Å². The first kappa shape index (κ1) is 19.3. The number of nitrogens with zero attached hydrogens (tertiary/aromatic N) is 2. The van der Waals surface area contributed by atoms with E-state index < -0.39 is 17.0 Å². The van der Waals surface area contributed by atoms with Crippen molar-refractivity contribution in [3.63, 3.8) is 0 Å². The molecule has 2 atom stereocenters. The summed E-state index contributed by atoms with van der Waals surface area (Å²) >= 11 is 0. The van der Waals surface area contributed by atoms with Gasteiger partial charge in [0.15, 0.2) is 0 Å². The number of nitrogens with one attached hydrogen (secondary N) is 1. The highest BCUT2D eigenvalue weighted by Gasteiger charge is 2.13. The molecule has 7 nitrogen and oxygen atoms in total. The Morgan fingerprint density at radius 1 is 1.04 bits per heavy atom. The second kappa shape index (κ2) is 10.1. The van der Waals surface area contributed by atoms with Crippen LogP contribution in [-0.2, 0) is 0 Å². The van der Waals surface area contributed by atoms with E-state index in [4.69, 9.17) is 0 Å². The predicted octanol–water partition coefficient (Wildman–Crippen LogP) is 2.23. The fraction of sp³-hybridized carbons (Fsp3) is 0.211. The van der Waals surface area contributed by atoms with E-state index in [1.807, 2.05) is 48.5 Å². The molecule has 7 heteroatoms. The average molecular weight is 355 g/mol. The van der Waals surface area contributed by atoms with Gasteiger partial charge < -0.3 is 15.5 Å². The number of hydrogen-bond acceptors (Lipinski definition) is 6.